The van der Waals surface area contributed by atoms with Crippen LogP contribution in [0.1, 0.15) is 24.5 Å². The van der Waals surface area contributed by atoms with Gasteiger partial charge in [-0.05, 0) is 24.5 Å². The molecule has 0 bridgehead atoms. The predicted molar refractivity (Wildman–Crippen MR) is 60.9 cm³/mol. The Morgan fingerprint density at radius 3 is 2.80 bits per heavy atom. The molecule has 0 spiro atoms. The second-order valence-electron chi connectivity index (χ2n) is 3.48. The van der Waals surface area contributed by atoms with Crippen molar-refractivity contribution in [2.75, 3.05) is 11.9 Å². The van der Waals surface area contributed by atoms with Gasteiger partial charge in [-0.25, -0.2) is 0 Å². The van der Waals surface area contributed by atoms with Crippen LogP contribution in [-0.2, 0) is 11.2 Å². The van der Waals surface area contributed by atoms with E-state index in [-0.39, 0.29) is 18.9 Å². The SMILES string of the molecule is CCc1cccc(C)c1NC(=O)CCO. The molecule has 1 amide bonds. The lowest BCUT2D eigenvalue weighted by molar-refractivity contribution is -0.116. The van der Waals surface area contributed by atoms with E-state index >= 15 is 0 Å². The zero-order chi connectivity index (χ0) is 11.3. The Hall–Kier alpha value is -1.35. The monoisotopic (exact) mass is 207 g/mol. The van der Waals surface area contributed by atoms with Crippen LogP contribution in [0.2, 0.25) is 0 Å². The van der Waals surface area contributed by atoms with Gasteiger partial charge >= 0.3 is 0 Å². The molecule has 3 nitrogen and oxygen atoms in total. The lowest BCUT2D eigenvalue weighted by atomic mass is 10.1. The molecule has 15 heavy (non-hydrogen) atoms. The highest BCUT2D eigenvalue weighted by Crippen LogP contribution is 2.20. The number of para-hydroxylation sites is 1. The quantitative estimate of drug-likeness (QED) is 0.792. The number of nitrogens with one attached hydrogen (secondary N) is 1. The van der Waals surface area contributed by atoms with Crippen LogP contribution in [0, 0.1) is 6.92 Å². The Morgan fingerprint density at radius 1 is 1.47 bits per heavy atom. The van der Waals surface area contributed by atoms with Crippen LogP contribution in [0.5, 0.6) is 0 Å². The molecule has 82 valence electrons. The summed E-state index contributed by atoms with van der Waals surface area (Å²) in [6, 6.07) is 5.95. The fraction of sp³-hybridized carbons (Fsp3) is 0.417. The minimum atomic E-state index is -0.137. The number of carbonyl (C=O) groups is 1. The number of benzene rings is 1. The lowest BCUT2D eigenvalue weighted by Crippen LogP contribution is -2.15. The van der Waals surface area contributed by atoms with E-state index in [1.54, 1.807) is 0 Å². The molecule has 0 unspecified atom stereocenters. The van der Waals surface area contributed by atoms with Crippen molar-refractivity contribution in [3.63, 3.8) is 0 Å². The minimum Gasteiger partial charge on any atom is -0.396 e. The Morgan fingerprint density at radius 2 is 2.20 bits per heavy atom. The first kappa shape index (κ1) is 11.7. The van der Waals surface area contributed by atoms with E-state index in [0.29, 0.717) is 0 Å². The minimum absolute atomic E-state index is 0.112. The first-order valence-electron chi connectivity index (χ1n) is 5.18. The van der Waals surface area contributed by atoms with Crippen molar-refractivity contribution in [1.29, 1.82) is 0 Å². The third kappa shape index (κ3) is 3.06. The molecule has 0 fully saturated rings. The number of hydrogen-bond donors (Lipinski definition) is 2. The van der Waals surface area contributed by atoms with Gasteiger partial charge in [-0.2, -0.15) is 0 Å². The van der Waals surface area contributed by atoms with Crippen molar-refractivity contribution in [2.45, 2.75) is 26.7 Å². The number of hydrogen-bond acceptors (Lipinski definition) is 2. The van der Waals surface area contributed by atoms with Crippen molar-refractivity contribution in [1.82, 2.24) is 0 Å². The average Bonchev–Trinajstić information content (AvgIpc) is 2.21. The number of carbonyl (C=O) groups excluding carboxylic acids is 1. The summed E-state index contributed by atoms with van der Waals surface area (Å²) in [4.78, 5) is 11.4. The molecule has 2 N–H and O–H groups in total. The average molecular weight is 207 g/mol. The fourth-order valence-corrected chi connectivity index (χ4v) is 1.51. The first-order valence-corrected chi connectivity index (χ1v) is 5.18. The Kier molecular flexibility index (Phi) is 4.31. The highest BCUT2D eigenvalue weighted by Gasteiger charge is 2.07. The van der Waals surface area contributed by atoms with Crippen LogP contribution in [0.3, 0.4) is 0 Å². The van der Waals surface area contributed by atoms with Crippen molar-refractivity contribution in [3.05, 3.63) is 29.3 Å². The number of anilines is 1. The number of aryl methyl sites for hydroxylation is 2. The van der Waals surface area contributed by atoms with E-state index in [9.17, 15) is 4.79 Å². The van der Waals surface area contributed by atoms with E-state index < -0.39 is 0 Å². The summed E-state index contributed by atoms with van der Waals surface area (Å²) in [6.45, 7) is 3.91. The predicted octanol–water partition coefficient (Wildman–Crippen LogP) is 1.88. The van der Waals surface area contributed by atoms with Crippen molar-refractivity contribution >= 4 is 11.6 Å². The number of aliphatic hydroxyl groups is 1. The second kappa shape index (κ2) is 5.51. The van der Waals surface area contributed by atoms with E-state index in [1.807, 2.05) is 25.1 Å². The smallest absolute Gasteiger partial charge is 0.226 e. The first-order chi connectivity index (χ1) is 7.19. The molecule has 0 aromatic heterocycles. The summed E-state index contributed by atoms with van der Waals surface area (Å²) in [5.74, 6) is -0.137. The van der Waals surface area contributed by atoms with Gasteiger partial charge in [0.05, 0.1) is 13.0 Å². The largest absolute Gasteiger partial charge is 0.396 e. The van der Waals surface area contributed by atoms with Crippen LogP contribution in [0.15, 0.2) is 18.2 Å². The van der Waals surface area contributed by atoms with Gasteiger partial charge in [0.1, 0.15) is 0 Å². The second-order valence-corrected chi connectivity index (χ2v) is 3.48. The maximum absolute atomic E-state index is 11.4. The molecule has 0 saturated carbocycles. The molecule has 0 saturated heterocycles. The molecule has 0 aliphatic rings. The van der Waals surface area contributed by atoms with Gasteiger partial charge in [0.25, 0.3) is 0 Å². The van der Waals surface area contributed by atoms with Gasteiger partial charge in [-0.3, -0.25) is 4.79 Å². The van der Waals surface area contributed by atoms with Crippen molar-refractivity contribution in [3.8, 4) is 0 Å². The summed E-state index contributed by atoms with van der Waals surface area (Å²) >= 11 is 0. The number of rotatable bonds is 4. The van der Waals surface area contributed by atoms with E-state index in [0.717, 1.165) is 23.2 Å². The molecule has 0 atom stereocenters. The third-order valence-corrected chi connectivity index (χ3v) is 2.34. The Labute approximate surface area is 90.1 Å². The maximum atomic E-state index is 11.4. The highest BCUT2D eigenvalue weighted by molar-refractivity contribution is 5.92. The van der Waals surface area contributed by atoms with E-state index in [1.165, 1.54) is 0 Å². The highest BCUT2D eigenvalue weighted by atomic mass is 16.3. The molecule has 1 aromatic carbocycles. The van der Waals surface area contributed by atoms with Gasteiger partial charge < -0.3 is 10.4 Å². The number of aliphatic hydroxyl groups excluding tert-OH is 1. The molecule has 0 aliphatic heterocycles. The summed E-state index contributed by atoms with van der Waals surface area (Å²) in [6.07, 6.45) is 1.04. The summed E-state index contributed by atoms with van der Waals surface area (Å²) in [5, 5.41) is 11.5. The van der Waals surface area contributed by atoms with E-state index in [2.05, 4.69) is 12.2 Å². The van der Waals surface area contributed by atoms with Gasteiger partial charge in [0.15, 0.2) is 0 Å². The fourth-order valence-electron chi connectivity index (χ4n) is 1.51. The lowest BCUT2D eigenvalue weighted by Gasteiger charge is -2.12. The summed E-state index contributed by atoms with van der Waals surface area (Å²) < 4.78 is 0. The zero-order valence-electron chi connectivity index (χ0n) is 9.21. The molecule has 1 rings (SSSR count). The van der Waals surface area contributed by atoms with Crippen LogP contribution in [0.25, 0.3) is 0 Å². The standard InChI is InChI=1S/C12H17NO2/c1-3-10-6-4-5-9(2)12(10)13-11(15)7-8-14/h4-6,14H,3,7-8H2,1-2H3,(H,13,15). The van der Waals surface area contributed by atoms with Crippen molar-refractivity contribution < 1.29 is 9.90 Å². The normalized spacial score (nSPS) is 10.1. The van der Waals surface area contributed by atoms with Gasteiger partial charge in [-0.1, -0.05) is 25.1 Å². The zero-order valence-corrected chi connectivity index (χ0v) is 9.21. The number of amides is 1. The van der Waals surface area contributed by atoms with Gasteiger partial charge in [0, 0.05) is 5.69 Å². The molecular weight excluding hydrogens is 190 g/mol. The summed E-state index contributed by atoms with van der Waals surface area (Å²) in [7, 11) is 0. The molecular formula is C12H17NO2. The molecule has 0 aliphatic carbocycles. The third-order valence-electron chi connectivity index (χ3n) is 2.34. The molecule has 0 radical (unpaired) electrons. The topological polar surface area (TPSA) is 49.3 Å². The summed E-state index contributed by atoms with van der Waals surface area (Å²) in [5.41, 5.74) is 3.07. The van der Waals surface area contributed by atoms with Gasteiger partial charge in [-0.15, -0.1) is 0 Å². The van der Waals surface area contributed by atoms with E-state index in [4.69, 9.17) is 5.11 Å². The van der Waals surface area contributed by atoms with Crippen LogP contribution in [-0.4, -0.2) is 17.6 Å². The molecule has 1 aromatic rings. The van der Waals surface area contributed by atoms with Crippen molar-refractivity contribution in [2.24, 2.45) is 0 Å². The Bertz CT molecular complexity index is 347. The van der Waals surface area contributed by atoms with Crippen LogP contribution < -0.4 is 5.32 Å². The maximum Gasteiger partial charge on any atom is 0.226 e. The van der Waals surface area contributed by atoms with Crippen LogP contribution >= 0.6 is 0 Å². The molecule has 0 heterocycles. The van der Waals surface area contributed by atoms with Gasteiger partial charge in [0.2, 0.25) is 5.91 Å². The van der Waals surface area contributed by atoms with Crippen LogP contribution in [0.4, 0.5) is 5.69 Å². The Balaban J connectivity index is 2.87. The molecule has 3 heteroatoms.